The van der Waals surface area contributed by atoms with Crippen molar-refractivity contribution in [2.75, 3.05) is 0 Å². The van der Waals surface area contributed by atoms with E-state index in [-0.39, 0.29) is 5.63 Å². The molecule has 0 aliphatic carbocycles. The van der Waals surface area contributed by atoms with Crippen molar-refractivity contribution in [2.24, 2.45) is 0 Å². The lowest BCUT2D eigenvalue weighted by Crippen LogP contribution is -2.12. The van der Waals surface area contributed by atoms with E-state index < -0.39 is 0 Å². The molecule has 2 aromatic carbocycles. The first kappa shape index (κ1) is 12.7. The Hall–Kier alpha value is -2.81. The molecular formula is C20H15NO2. The summed E-state index contributed by atoms with van der Waals surface area (Å²) in [4.78, 5) is 12.7. The van der Waals surface area contributed by atoms with Crippen molar-refractivity contribution in [3.8, 4) is 11.3 Å². The van der Waals surface area contributed by atoms with Gasteiger partial charge in [0.2, 0.25) is 0 Å². The molecule has 0 saturated carbocycles. The SMILES string of the molecule is O=c1oc(-c2ccccc2)c2c3c1c1ccccc1n3CCC2. The predicted octanol–water partition coefficient (Wildman–Crippen LogP) is 4.36. The second-order valence-corrected chi connectivity index (χ2v) is 6.06. The van der Waals surface area contributed by atoms with Gasteiger partial charge in [-0.3, -0.25) is 0 Å². The van der Waals surface area contributed by atoms with Gasteiger partial charge < -0.3 is 8.98 Å². The molecule has 4 aromatic rings. The number of fused-ring (bicyclic) bond motifs is 3. The lowest BCUT2D eigenvalue weighted by atomic mass is 9.99. The topological polar surface area (TPSA) is 35.1 Å². The van der Waals surface area contributed by atoms with Gasteiger partial charge in [-0.05, 0) is 18.9 Å². The Morgan fingerprint density at radius 2 is 1.74 bits per heavy atom. The van der Waals surface area contributed by atoms with Crippen LogP contribution in [-0.4, -0.2) is 4.57 Å². The van der Waals surface area contributed by atoms with E-state index in [2.05, 4.69) is 10.6 Å². The number of benzene rings is 2. The smallest absolute Gasteiger partial charge is 0.346 e. The molecule has 0 radical (unpaired) electrons. The van der Waals surface area contributed by atoms with Gasteiger partial charge in [0.15, 0.2) is 0 Å². The number of hydrogen-bond acceptors (Lipinski definition) is 2. The molecule has 5 rings (SSSR count). The zero-order valence-electron chi connectivity index (χ0n) is 12.6. The van der Waals surface area contributed by atoms with Gasteiger partial charge in [-0.25, -0.2) is 4.79 Å². The van der Waals surface area contributed by atoms with Crippen LogP contribution in [0.1, 0.15) is 12.0 Å². The van der Waals surface area contributed by atoms with E-state index in [0.717, 1.165) is 58.1 Å². The second-order valence-electron chi connectivity index (χ2n) is 6.06. The maximum atomic E-state index is 12.7. The lowest BCUT2D eigenvalue weighted by molar-refractivity contribution is 0.520. The van der Waals surface area contributed by atoms with E-state index in [1.807, 2.05) is 48.5 Å². The summed E-state index contributed by atoms with van der Waals surface area (Å²) in [5.41, 5.74) is 4.08. The van der Waals surface area contributed by atoms with Crippen molar-refractivity contribution in [3.63, 3.8) is 0 Å². The minimum absolute atomic E-state index is 0.237. The third-order valence-corrected chi connectivity index (χ3v) is 4.77. The molecule has 1 aliphatic rings. The number of rotatable bonds is 1. The summed E-state index contributed by atoms with van der Waals surface area (Å²) in [5.74, 6) is 0.729. The molecule has 23 heavy (non-hydrogen) atoms. The monoisotopic (exact) mass is 301 g/mol. The molecule has 0 bridgehead atoms. The number of para-hydroxylation sites is 1. The Balaban J connectivity index is 2.01. The van der Waals surface area contributed by atoms with Crippen LogP contribution >= 0.6 is 0 Å². The van der Waals surface area contributed by atoms with E-state index in [0.29, 0.717) is 0 Å². The van der Waals surface area contributed by atoms with Crippen LogP contribution in [0.4, 0.5) is 0 Å². The van der Waals surface area contributed by atoms with Crippen LogP contribution < -0.4 is 5.63 Å². The molecule has 0 atom stereocenters. The summed E-state index contributed by atoms with van der Waals surface area (Å²) in [7, 11) is 0. The van der Waals surface area contributed by atoms with Crippen LogP contribution in [-0.2, 0) is 13.0 Å². The zero-order valence-corrected chi connectivity index (χ0v) is 12.6. The fraction of sp³-hybridized carbons (Fsp3) is 0.150. The first-order valence-corrected chi connectivity index (χ1v) is 7.97. The first-order chi connectivity index (χ1) is 11.3. The average molecular weight is 301 g/mol. The fourth-order valence-corrected chi connectivity index (χ4v) is 3.84. The first-order valence-electron chi connectivity index (χ1n) is 7.97. The van der Waals surface area contributed by atoms with E-state index in [1.54, 1.807) is 0 Å². The van der Waals surface area contributed by atoms with Gasteiger partial charge in [-0.2, -0.15) is 0 Å². The number of hydrogen-bond donors (Lipinski definition) is 0. The molecule has 1 aliphatic heterocycles. The van der Waals surface area contributed by atoms with Crippen molar-refractivity contribution in [2.45, 2.75) is 19.4 Å². The summed E-state index contributed by atoms with van der Waals surface area (Å²) in [6.45, 7) is 0.953. The number of nitrogens with zero attached hydrogens (tertiary/aromatic N) is 1. The van der Waals surface area contributed by atoms with Gasteiger partial charge in [0.1, 0.15) is 5.76 Å². The molecular weight excluding hydrogens is 286 g/mol. The molecule has 112 valence electrons. The van der Waals surface area contributed by atoms with Crippen molar-refractivity contribution in [1.29, 1.82) is 0 Å². The lowest BCUT2D eigenvalue weighted by Gasteiger charge is -2.18. The van der Waals surface area contributed by atoms with E-state index in [1.165, 1.54) is 0 Å². The Bertz CT molecular complexity index is 1100. The predicted molar refractivity (Wildman–Crippen MR) is 91.7 cm³/mol. The zero-order chi connectivity index (χ0) is 15.4. The summed E-state index contributed by atoms with van der Waals surface area (Å²) < 4.78 is 8.07. The third-order valence-electron chi connectivity index (χ3n) is 4.77. The van der Waals surface area contributed by atoms with Gasteiger partial charge in [-0.1, -0.05) is 48.5 Å². The Kier molecular flexibility index (Phi) is 2.54. The highest BCUT2D eigenvalue weighted by Gasteiger charge is 2.24. The summed E-state index contributed by atoms with van der Waals surface area (Å²) in [5, 5.41) is 1.73. The molecule has 0 spiro atoms. The minimum Gasteiger partial charge on any atom is -0.422 e. The van der Waals surface area contributed by atoms with E-state index >= 15 is 0 Å². The maximum absolute atomic E-state index is 12.7. The quantitative estimate of drug-likeness (QED) is 0.523. The Morgan fingerprint density at radius 3 is 2.61 bits per heavy atom. The minimum atomic E-state index is -0.237. The Labute approximate surface area is 132 Å². The van der Waals surface area contributed by atoms with E-state index in [4.69, 9.17) is 4.42 Å². The van der Waals surface area contributed by atoms with Crippen LogP contribution in [0, 0.1) is 0 Å². The van der Waals surface area contributed by atoms with Crippen molar-refractivity contribution < 1.29 is 4.42 Å². The molecule has 2 aromatic heterocycles. The van der Waals surface area contributed by atoms with Gasteiger partial charge in [-0.15, -0.1) is 0 Å². The van der Waals surface area contributed by atoms with Crippen LogP contribution in [0.15, 0.2) is 63.8 Å². The number of aryl methyl sites for hydroxylation is 2. The fourth-order valence-electron chi connectivity index (χ4n) is 3.84. The van der Waals surface area contributed by atoms with Gasteiger partial charge in [0, 0.05) is 28.6 Å². The number of aromatic nitrogens is 1. The van der Waals surface area contributed by atoms with Crippen LogP contribution in [0.2, 0.25) is 0 Å². The highest BCUT2D eigenvalue weighted by Crippen LogP contribution is 2.37. The summed E-state index contributed by atoms with van der Waals surface area (Å²) in [6, 6.07) is 18.0. The largest absolute Gasteiger partial charge is 0.422 e. The molecule has 3 heteroatoms. The van der Waals surface area contributed by atoms with Crippen molar-refractivity contribution in [1.82, 2.24) is 4.57 Å². The van der Waals surface area contributed by atoms with Gasteiger partial charge in [0.25, 0.3) is 0 Å². The van der Waals surface area contributed by atoms with Gasteiger partial charge in [0.05, 0.1) is 10.9 Å². The van der Waals surface area contributed by atoms with Gasteiger partial charge >= 0.3 is 5.63 Å². The Morgan fingerprint density at radius 1 is 0.957 bits per heavy atom. The average Bonchev–Trinajstić information content (AvgIpc) is 2.95. The maximum Gasteiger partial charge on any atom is 0.346 e. The van der Waals surface area contributed by atoms with Crippen molar-refractivity contribution in [3.05, 3.63) is 70.6 Å². The van der Waals surface area contributed by atoms with Crippen LogP contribution in [0.25, 0.3) is 33.1 Å². The second kappa shape index (κ2) is 4.59. The molecule has 0 unspecified atom stereocenters. The van der Waals surface area contributed by atoms with Crippen molar-refractivity contribution >= 4 is 21.8 Å². The highest BCUT2D eigenvalue weighted by atomic mass is 16.4. The highest BCUT2D eigenvalue weighted by molar-refractivity contribution is 6.09. The van der Waals surface area contributed by atoms with E-state index in [9.17, 15) is 4.79 Å². The standard InChI is InChI=1S/C20H15NO2/c22-20-17-14-9-4-5-11-16(14)21-12-6-10-15(18(17)21)19(23-20)13-7-2-1-3-8-13/h1-5,7-9,11H,6,10,12H2. The summed E-state index contributed by atoms with van der Waals surface area (Å²) in [6.07, 6.45) is 2.01. The normalized spacial score (nSPS) is 13.7. The molecule has 0 amide bonds. The molecule has 3 nitrogen and oxygen atoms in total. The van der Waals surface area contributed by atoms with Crippen LogP contribution in [0.3, 0.4) is 0 Å². The molecule has 0 fully saturated rings. The molecule has 3 heterocycles. The molecule has 0 saturated heterocycles. The van der Waals surface area contributed by atoms with Crippen LogP contribution in [0.5, 0.6) is 0 Å². The molecule has 0 N–H and O–H groups in total. The summed E-state index contributed by atoms with van der Waals surface area (Å²) >= 11 is 0. The third kappa shape index (κ3) is 1.67.